The number of para-hydroxylation sites is 1. The second-order valence-electron chi connectivity index (χ2n) is 7.88. The van der Waals surface area contributed by atoms with Gasteiger partial charge in [-0.3, -0.25) is 4.79 Å². The molecule has 0 saturated heterocycles. The van der Waals surface area contributed by atoms with Crippen LogP contribution < -0.4 is 9.47 Å². The summed E-state index contributed by atoms with van der Waals surface area (Å²) in [6, 6.07) is 16.0. The van der Waals surface area contributed by atoms with E-state index in [1.165, 1.54) is 6.07 Å². The lowest BCUT2D eigenvalue weighted by Gasteiger charge is -2.12. The summed E-state index contributed by atoms with van der Waals surface area (Å²) in [4.78, 5) is 13.0. The minimum Gasteiger partial charge on any atom is -0.488 e. The van der Waals surface area contributed by atoms with Crippen LogP contribution in [0.3, 0.4) is 0 Å². The normalized spacial score (nSPS) is 14.1. The Bertz CT molecular complexity index is 1420. The zero-order valence-electron chi connectivity index (χ0n) is 18.2. The van der Waals surface area contributed by atoms with Crippen LogP contribution in [0.15, 0.2) is 66.6 Å². The van der Waals surface area contributed by atoms with Crippen molar-refractivity contribution in [2.24, 2.45) is 0 Å². The number of rotatable bonds is 5. The molecule has 1 aliphatic heterocycles. The molecule has 0 unspecified atom stereocenters. The molecule has 0 radical (unpaired) electrons. The smallest absolute Gasteiger partial charge is 0.231 e. The number of fused-ring (bicyclic) bond motifs is 2. The molecule has 5 rings (SSSR count). The first-order valence-electron chi connectivity index (χ1n) is 10.7. The highest BCUT2D eigenvalue weighted by Gasteiger charge is 2.30. The van der Waals surface area contributed by atoms with E-state index in [2.05, 4.69) is 17.6 Å². The Labute approximate surface area is 195 Å². The van der Waals surface area contributed by atoms with Crippen LogP contribution in [0.2, 0.25) is 5.02 Å². The third-order valence-electron chi connectivity index (χ3n) is 5.92. The summed E-state index contributed by atoms with van der Waals surface area (Å²) in [5, 5.41) is 1.36. The minimum atomic E-state index is -0.427. The molecule has 166 valence electrons. The molecule has 0 N–H and O–H groups in total. The Morgan fingerprint density at radius 3 is 2.73 bits per heavy atom. The fourth-order valence-electron chi connectivity index (χ4n) is 4.14. The number of ether oxygens (including phenoxy) is 2. The fourth-order valence-corrected chi connectivity index (χ4v) is 4.36. The summed E-state index contributed by atoms with van der Waals surface area (Å²) in [5.74, 6) is 0.628. The molecular formula is C27H21ClFNO3. The number of hydrogen-bond donors (Lipinski definition) is 0. The van der Waals surface area contributed by atoms with Crippen molar-refractivity contribution in [1.29, 1.82) is 0 Å². The lowest BCUT2D eigenvalue weighted by molar-refractivity contribution is 0.101. The quantitative estimate of drug-likeness (QED) is 0.302. The van der Waals surface area contributed by atoms with Crippen LogP contribution >= 0.6 is 11.6 Å². The molecular weight excluding hydrogens is 441 g/mol. The molecule has 1 aliphatic rings. The average Bonchev–Trinajstić information content (AvgIpc) is 3.33. The number of Topliss-reactive ketones (excluding diaryl/α,β-unsaturated/α-hetero) is 1. The molecule has 0 amide bonds. The lowest BCUT2D eigenvalue weighted by atomic mass is 10.1. The molecule has 1 aromatic heterocycles. The van der Waals surface area contributed by atoms with Crippen LogP contribution in [0.5, 0.6) is 11.5 Å². The first-order valence-corrected chi connectivity index (χ1v) is 11.1. The maximum absolute atomic E-state index is 14.1. The van der Waals surface area contributed by atoms with Gasteiger partial charge < -0.3 is 14.0 Å². The lowest BCUT2D eigenvalue weighted by Crippen LogP contribution is -2.01. The number of allylic oxidation sites excluding steroid dienone is 1. The van der Waals surface area contributed by atoms with Gasteiger partial charge in [0.25, 0.3) is 0 Å². The van der Waals surface area contributed by atoms with E-state index < -0.39 is 5.82 Å². The van der Waals surface area contributed by atoms with Crippen molar-refractivity contribution in [1.82, 2.24) is 4.57 Å². The largest absolute Gasteiger partial charge is 0.488 e. The molecule has 0 aliphatic carbocycles. The van der Waals surface area contributed by atoms with E-state index in [9.17, 15) is 9.18 Å². The van der Waals surface area contributed by atoms with Gasteiger partial charge in [-0.25, -0.2) is 4.39 Å². The Morgan fingerprint density at radius 2 is 1.94 bits per heavy atom. The molecule has 4 aromatic rings. The maximum atomic E-state index is 14.1. The van der Waals surface area contributed by atoms with Crippen LogP contribution in [0.4, 0.5) is 4.39 Å². The number of aromatic nitrogens is 1. The van der Waals surface area contributed by atoms with Gasteiger partial charge in [-0.2, -0.15) is 0 Å². The van der Waals surface area contributed by atoms with Gasteiger partial charge in [0.2, 0.25) is 5.78 Å². The van der Waals surface area contributed by atoms with Gasteiger partial charge in [-0.05, 0) is 50.3 Å². The third kappa shape index (κ3) is 3.68. The predicted octanol–water partition coefficient (Wildman–Crippen LogP) is 6.96. The highest BCUT2D eigenvalue weighted by atomic mass is 35.5. The van der Waals surface area contributed by atoms with Gasteiger partial charge in [0.15, 0.2) is 5.76 Å². The topological polar surface area (TPSA) is 40.5 Å². The van der Waals surface area contributed by atoms with Crippen LogP contribution in [0.1, 0.15) is 34.0 Å². The van der Waals surface area contributed by atoms with E-state index in [1.807, 2.05) is 31.3 Å². The summed E-state index contributed by atoms with van der Waals surface area (Å²) < 4.78 is 28.1. The zero-order chi connectivity index (χ0) is 23.1. The number of hydrogen-bond acceptors (Lipinski definition) is 3. The summed E-state index contributed by atoms with van der Waals surface area (Å²) in [6.45, 7) is 4.69. The average molecular weight is 462 g/mol. The number of carbonyl (C=O) groups excluding carboxylic acids is 1. The number of benzene rings is 3. The van der Waals surface area contributed by atoms with Gasteiger partial charge >= 0.3 is 0 Å². The Morgan fingerprint density at radius 1 is 1.12 bits per heavy atom. The van der Waals surface area contributed by atoms with E-state index in [1.54, 1.807) is 30.3 Å². The molecule has 33 heavy (non-hydrogen) atoms. The fraction of sp³-hybridized carbons (Fsp3) is 0.148. The standard InChI is InChI=1S/C27H21ClFNO3/c1-3-30-14-17(18-7-4-5-10-23(18)30)13-25-26(31)19-11-12-24(16(2)27(19)33-25)32-15-20-21(28)8-6-9-22(20)29/h4-14H,3,15H2,1-2H3. The van der Waals surface area contributed by atoms with Crippen molar-refractivity contribution >= 4 is 34.4 Å². The highest BCUT2D eigenvalue weighted by molar-refractivity contribution is 6.31. The van der Waals surface area contributed by atoms with Crippen LogP contribution in [0, 0.1) is 12.7 Å². The number of ketones is 1. The van der Waals surface area contributed by atoms with E-state index >= 15 is 0 Å². The number of nitrogens with zero attached hydrogens (tertiary/aromatic N) is 1. The summed E-state index contributed by atoms with van der Waals surface area (Å²) in [7, 11) is 0. The van der Waals surface area contributed by atoms with Gasteiger partial charge in [-0.1, -0.05) is 35.9 Å². The SMILES string of the molecule is CCn1cc(C=C2Oc3c(ccc(OCc4c(F)cccc4Cl)c3C)C2=O)c2ccccc21. The third-order valence-corrected chi connectivity index (χ3v) is 6.27. The number of aryl methyl sites for hydroxylation is 1. The maximum Gasteiger partial charge on any atom is 0.231 e. The molecule has 3 aromatic carbocycles. The van der Waals surface area contributed by atoms with Gasteiger partial charge in [0, 0.05) is 40.3 Å². The first-order chi connectivity index (χ1) is 16.0. The van der Waals surface area contributed by atoms with Gasteiger partial charge in [0.1, 0.15) is 23.9 Å². The van der Waals surface area contributed by atoms with E-state index in [-0.39, 0.29) is 23.7 Å². The van der Waals surface area contributed by atoms with E-state index in [0.29, 0.717) is 27.6 Å². The second-order valence-corrected chi connectivity index (χ2v) is 8.29. The predicted molar refractivity (Wildman–Crippen MR) is 127 cm³/mol. The molecule has 4 nitrogen and oxygen atoms in total. The van der Waals surface area contributed by atoms with Crippen molar-refractivity contribution in [3.8, 4) is 11.5 Å². The first kappa shape index (κ1) is 21.3. The van der Waals surface area contributed by atoms with Crippen molar-refractivity contribution in [3.63, 3.8) is 0 Å². The van der Waals surface area contributed by atoms with Crippen LogP contribution in [-0.2, 0) is 13.2 Å². The zero-order valence-corrected chi connectivity index (χ0v) is 18.9. The molecule has 0 bridgehead atoms. The summed E-state index contributed by atoms with van der Waals surface area (Å²) >= 11 is 6.10. The molecule has 0 atom stereocenters. The van der Waals surface area contributed by atoms with Crippen molar-refractivity contribution in [3.05, 3.63) is 99.6 Å². The van der Waals surface area contributed by atoms with E-state index in [0.717, 1.165) is 23.0 Å². The second kappa shape index (κ2) is 8.41. The Balaban J connectivity index is 1.45. The molecule has 6 heteroatoms. The minimum absolute atomic E-state index is 0.0295. The number of halogens is 2. The van der Waals surface area contributed by atoms with Gasteiger partial charge in [-0.15, -0.1) is 0 Å². The molecule has 2 heterocycles. The molecule has 0 fully saturated rings. The van der Waals surface area contributed by atoms with Crippen molar-refractivity contribution in [2.45, 2.75) is 27.0 Å². The Hall–Kier alpha value is -3.57. The monoisotopic (exact) mass is 461 g/mol. The van der Waals surface area contributed by atoms with Gasteiger partial charge in [0.05, 0.1) is 10.6 Å². The Kier molecular flexibility index (Phi) is 5.43. The van der Waals surface area contributed by atoms with Crippen molar-refractivity contribution < 1.29 is 18.7 Å². The van der Waals surface area contributed by atoms with Crippen LogP contribution in [-0.4, -0.2) is 10.4 Å². The molecule has 0 spiro atoms. The number of carbonyl (C=O) groups is 1. The summed E-state index contributed by atoms with van der Waals surface area (Å²) in [5.41, 5.74) is 3.46. The highest BCUT2D eigenvalue weighted by Crippen LogP contribution is 2.40. The van der Waals surface area contributed by atoms with Crippen molar-refractivity contribution in [2.75, 3.05) is 0 Å². The summed E-state index contributed by atoms with van der Waals surface area (Å²) in [6.07, 6.45) is 3.81. The van der Waals surface area contributed by atoms with Crippen LogP contribution in [0.25, 0.3) is 17.0 Å². The molecule has 0 saturated carbocycles. The van der Waals surface area contributed by atoms with E-state index in [4.69, 9.17) is 21.1 Å².